The second-order valence-corrected chi connectivity index (χ2v) is 5.57. The Morgan fingerprint density at radius 2 is 1.50 bits per heavy atom. The van der Waals surface area contributed by atoms with Crippen LogP contribution in [0.3, 0.4) is 0 Å². The van der Waals surface area contributed by atoms with E-state index in [-0.39, 0.29) is 15.5 Å². The fourth-order valence-electron chi connectivity index (χ4n) is 1.39. The molecule has 0 unspecified atom stereocenters. The van der Waals surface area contributed by atoms with Gasteiger partial charge in [-0.3, -0.25) is 4.79 Å². The average molecular weight is 265 g/mol. The number of hydrogen-bond donors (Lipinski definition) is 0. The first-order valence-electron chi connectivity index (χ1n) is 5.41. The van der Waals surface area contributed by atoms with E-state index in [9.17, 15) is 4.79 Å². The molecule has 0 rings (SSSR count). The van der Waals surface area contributed by atoms with E-state index in [1.165, 1.54) is 0 Å². The van der Waals surface area contributed by atoms with Crippen LogP contribution in [0.15, 0.2) is 0 Å². The number of rotatable bonds is 4. The molecule has 0 saturated carbocycles. The molecule has 0 heterocycles. The van der Waals surface area contributed by atoms with E-state index in [0.29, 0.717) is 0 Å². The molecule has 2 heteroatoms. The van der Waals surface area contributed by atoms with E-state index in [2.05, 4.69) is 36.7 Å². The lowest BCUT2D eigenvalue weighted by Crippen LogP contribution is -2.27. The summed E-state index contributed by atoms with van der Waals surface area (Å²) in [5.74, 6) is 0. The lowest BCUT2D eigenvalue weighted by molar-refractivity contribution is -0.118. The predicted octanol–water partition coefficient (Wildman–Crippen LogP) is 4.79. The lowest BCUT2D eigenvalue weighted by Gasteiger charge is -2.31. The van der Waals surface area contributed by atoms with Crippen LogP contribution in [-0.4, -0.2) is 4.69 Å². The Bertz CT molecular complexity index is 171. The average Bonchev–Trinajstić information content (AvgIpc) is 2.06. The summed E-state index contributed by atoms with van der Waals surface area (Å²) in [4.78, 5) is 11.2. The van der Waals surface area contributed by atoms with Crippen molar-refractivity contribution in [2.24, 2.45) is 10.8 Å². The molecule has 0 aromatic carbocycles. The van der Waals surface area contributed by atoms with Gasteiger partial charge in [-0.2, -0.15) is 0 Å². The first kappa shape index (κ1) is 16.6. The highest BCUT2D eigenvalue weighted by Crippen LogP contribution is 2.37. The highest BCUT2D eigenvalue weighted by Gasteiger charge is 2.32. The second-order valence-electron chi connectivity index (χ2n) is 4.85. The molecule has 0 fully saturated rings. The minimum atomic E-state index is -0.237. The van der Waals surface area contributed by atoms with Crippen LogP contribution >= 0.6 is 15.9 Å². The van der Waals surface area contributed by atoms with E-state index >= 15 is 0 Å². The van der Waals surface area contributed by atoms with Gasteiger partial charge in [0.1, 0.15) is 0 Å². The Labute approximate surface area is 97.8 Å². The molecule has 0 saturated heterocycles. The third-order valence-electron chi connectivity index (χ3n) is 2.41. The Morgan fingerprint density at radius 1 is 1.14 bits per heavy atom. The van der Waals surface area contributed by atoms with Crippen molar-refractivity contribution in [3.63, 3.8) is 0 Å². The van der Waals surface area contributed by atoms with E-state index < -0.39 is 0 Å². The Hall–Kier alpha value is 0.150. The molecule has 0 aliphatic carbocycles. The molecule has 0 atom stereocenters. The fourth-order valence-corrected chi connectivity index (χ4v) is 1.53. The zero-order valence-electron chi connectivity index (χ0n) is 10.7. The van der Waals surface area contributed by atoms with Crippen LogP contribution < -0.4 is 0 Å². The molecule has 0 radical (unpaired) electrons. The van der Waals surface area contributed by atoms with E-state index in [1.807, 2.05) is 27.7 Å². The zero-order chi connectivity index (χ0) is 12.0. The van der Waals surface area contributed by atoms with E-state index in [4.69, 9.17) is 0 Å². The zero-order valence-corrected chi connectivity index (χ0v) is 12.3. The van der Waals surface area contributed by atoms with E-state index in [1.54, 1.807) is 0 Å². The van der Waals surface area contributed by atoms with Crippen LogP contribution in [0.25, 0.3) is 0 Å². The molecule has 0 aromatic rings. The van der Waals surface area contributed by atoms with Crippen molar-refractivity contribution in [2.45, 2.75) is 61.3 Å². The molecule has 0 spiro atoms. The van der Waals surface area contributed by atoms with Crippen molar-refractivity contribution in [1.29, 1.82) is 0 Å². The maximum absolute atomic E-state index is 11.2. The Kier molecular flexibility index (Phi) is 7.81. The normalized spacial score (nSPS) is 11.7. The van der Waals surface area contributed by atoms with Gasteiger partial charge in [-0.25, -0.2) is 0 Å². The third-order valence-corrected chi connectivity index (χ3v) is 3.48. The van der Waals surface area contributed by atoms with Crippen molar-refractivity contribution in [1.82, 2.24) is 0 Å². The van der Waals surface area contributed by atoms with E-state index in [0.717, 1.165) is 12.8 Å². The maximum atomic E-state index is 11.2. The van der Waals surface area contributed by atoms with Gasteiger partial charge in [-0.1, -0.05) is 54.9 Å². The van der Waals surface area contributed by atoms with Crippen molar-refractivity contribution in [2.75, 3.05) is 0 Å². The topological polar surface area (TPSA) is 17.1 Å². The van der Waals surface area contributed by atoms with Gasteiger partial charge < -0.3 is 0 Å². The summed E-state index contributed by atoms with van der Waals surface area (Å²) in [5, 5.41) is 0. The van der Waals surface area contributed by atoms with Gasteiger partial charge >= 0.3 is 0 Å². The highest BCUT2D eigenvalue weighted by atomic mass is 79.9. The molecule has 0 bridgehead atoms. The third kappa shape index (κ3) is 6.58. The standard InChI is InChI=1S/C10H19BrO.C2H6/c1-6-9(2,3)7-10(4,5)8(11)12;1-2/h6-7H2,1-5H3;1-2H3. The summed E-state index contributed by atoms with van der Waals surface area (Å²) in [7, 11) is 0. The number of carbonyl (C=O) groups is 1. The molecular formula is C12H25BrO. The van der Waals surface area contributed by atoms with Crippen LogP contribution in [0.1, 0.15) is 61.3 Å². The monoisotopic (exact) mass is 264 g/mol. The Morgan fingerprint density at radius 3 is 1.71 bits per heavy atom. The van der Waals surface area contributed by atoms with Gasteiger partial charge in [0.05, 0.1) is 0 Å². The highest BCUT2D eigenvalue weighted by molar-refractivity contribution is 9.18. The SMILES string of the molecule is CC.CCC(C)(C)CC(C)(C)C(=O)Br. The molecule has 0 aromatic heterocycles. The first-order valence-corrected chi connectivity index (χ1v) is 6.20. The molecule has 0 aliphatic rings. The molecule has 0 aliphatic heterocycles. The summed E-state index contributed by atoms with van der Waals surface area (Å²) in [6.45, 7) is 14.5. The largest absolute Gasteiger partial charge is 0.286 e. The minimum absolute atomic E-state index is 0.108. The summed E-state index contributed by atoms with van der Waals surface area (Å²) >= 11 is 3.04. The lowest BCUT2D eigenvalue weighted by atomic mass is 9.74. The quantitative estimate of drug-likeness (QED) is 0.668. The molecular weight excluding hydrogens is 240 g/mol. The van der Waals surface area contributed by atoms with Gasteiger partial charge in [0.25, 0.3) is 0 Å². The van der Waals surface area contributed by atoms with Crippen molar-refractivity contribution < 1.29 is 4.79 Å². The van der Waals surface area contributed by atoms with Crippen LogP contribution in [0.4, 0.5) is 0 Å². The van der Waals surface area contributed by atoms with Crippen molar-refractivity contribution in [3.05, 3.63) is 0 Å². The minimum Gasteiger partial charge on any atom is -0.286 e. The second kappa shape index (κ2) is 6.60. The maximum Gasteiger partial charge on any atom is 0.203 e. The summed E-state index contributed by atoms with van der Waals surface area (Å²) in [6, 6.07) is 0. The molecule has 86 valence electrons. The van der Waals surface area contributed by atoms with Gasteiger partial charge in [-0.05, 0) is 27.8 Å². The van der Waals surface area contributed by atoms with Gasteiger partial charge in [0.15, 0.2) is 0 Å². The fraction of sp³-hybridized carbons (Fsp3) is 0.917. The molecule has 1 nitrogen and oxygen atoms in total. The Balaban J connectivity index is 0. The summed E-state index contributed by atoms with van der Waals surface area (Å²) in [6.07, 6.45) is 2.04. The smallest absolute Gasteiger partial charge is 0.203 e. The summed E-state index contributed by atoms with van der Waals surface area (Å²) < 4.78 is 0.108. The van der Waals surface area contributed by atoms with Gasteiger partial charge in [0.2, 0.25) is 4.69 Å². The van der Waals surface area contributed by atoms with Crippen LogP contribution in [0, 0.1) is 10.8 Å². The van der Waals surface area contributed by atoms with Crippen molar-refractivity contribution >= 4 is 20.6 Å². The van der Waals surface area contributed by atoms with Crippen LogP contribution in [-0.2, 0) is 4.79 Å². The number of carbonyl (C=O) groups excluding carboxylic acids is 1. The summed E-state index contributed by atoms with van der Waals surface area (Å²) in [5.41, 5.74) is 0.0203. The van der Waals surface area contributed by atoms with Gasteiger partial charge in [0, 0.05) is 5.41 Å². The van der Waals surface area contributed by atoms with Crippen molar-refractivity contribution in [3.8, 4) is 0 Å². The number of halogens is 1. The van der Waals surface area contributed by atoms with Gasteiger partial charge in [-0.15, -0.1) is 0 Å². The van der Waals surface area contributed by atoms with Crippen LogP contribution in [0.5, 0.6) is 0 Å². The molecule has 0 amide bonds. The number of hydrogen-bond acceptors (Lipinski definition) is 1. The predicted molar refractivity (Wildman–Crippen MR) is 67.8 cm³/mol. The first-order chi connectivity index (χ1) is 6.21. The molecule has 0 N–H and O–H groups in total. The van der Waals surface area contributed by atoms with Crippen LogP contribution in [0.2, 0.25) is 0 Å². The molecule has 14 heavy (non-hydrogen) atoms.